The monoisotopic (exact) mass is 318 g/mol. The zero-order valence-corrected chi connectivity index (χ0v) is 12.2. The summed E-state index contributed by atoms with van der Waals surface area (Å²) in [5.41, 5.74) is 1.24. The van der Waals surface area contributed by atoms with Gasteiger partial charge in [0.1, 0.15) is 5.75 Å². The van der Waals surface area contributed by atoms with Crippen LogP contribution in [0.4, 0.5) is 0 Å². The molecule has 2 aromatic carbocycles. The molecule has 3 aromatic rings. The van der Waals surface area contributed by atoms with Gasteiger partial charge in [0.25, 0.3) is 0 Å². The summed E-state index contributed by atoms with van der Waals surface area (Å²) in [7, 11) is 1.70. The van der Waals surface area contributed by atoms with Gasteiger partial charge in [-0.2, -0.15) is 0 Å². The molecular weight excluding hydrogens is 308 g/mol. The van der Waals surface area contributed by atoms with E-state index in [-0.39, 0.29) is 0 Å². The lowest BCUT2D eigenvalue weighted by molar-refractivity contribution is 0.415. The van der Waals surface area contributed by atoms with Crippen LogP contribution in [-0.2, 0) is 0 Å². The van der Waals surface area contributed by atoms with Gasteiger partial charge >= 0.3 is 0 Å². The van der Waals surface area contributed by atoms with Crippen LogP contribution in [-0.4, -0.2) is 7.11 Å². The number of hydrogen-bond donors (Lipinski definition) is 0. The average molecular weight is 319 g/mol. The molecular formula is C15H11BrOS. The SMILES string of the molecule is COc1ccc2c(Br)c(-c3ccccc3)sc2c1. The highest BCUT2D eigenvalue weighted by atomic mass is 79.9. The number of thiophene rings is 1. The number of ether oxygens (including phenoxy) is 1. The van der Waals surface area contributed by atoms with Gasteiger partial charge in [-0.1, -0.05) is 30.3 Å². The molecule has 3 heteroatoms. The first-order valence-corrected chi connectivity index (χ1v) is 7.22. The van der Waals surface area contributed by atoms with Crippen LogP contribution in [0.25, 0.3) is 20.5 Å². The van der Waals surface area contributed by atoms with E-state index in [1.165, 1.54) is 20.5 Å². The highest BCUT2D eigenvalue weighted by Gasteiger charge is 2.11. The van der Waals surface area contributed by atoms with Crippen molar-refractivity contribution in [2.75, 3.05) is 7.11 Å². The molecule has 3 rings (SSSR count). The zero-order valence-electron chi connectivity index (χ0n) is 9.81. The number of benzene rings is 2. The van der Waals surface area contributed by atoms with Gasteiger partial charge in [0.05, 0.1) is 7.11 Å². The van der Waals surface area contributed by atoms with Gasteiger partial charge in [0.2, 0.25) is 0 Å². The largest absolute Gasteiger partial charge is 0.497 e. The van der Waals surface area contributed by atoms with Crippen LogP contribution < -0.4 is 4.74 Å². The van der Waals surface area contributed by atoms with Crippen molar-refractivity contribution in [2.24, 2.45) is 0 Å². The van der Waals surface area contributed by atoms with Gasteiger partial charge in [-0.3, -0.25) is 0 Å². The number of hydrogen-bond acceptors (Lipinski definition) is 2. The highest BCUT2D eigenvalue weighted by molar-refractivity contribution is 9.10. The Balaban J connectivity index is 2.23. The maximum atomic E-state index is 5.27. The molecule has 0 aliphatic rings. The van der Waals surface area contributed by atoms with Crippen LogP contribution in [0.15, 0.2) is 53.0 Å². The number of halogens is 1. The van der Waals surface area contributed by atoms with Crippen molar-refractivity contribution < 1.29 is 4.74 Å². The lowest BCUT2D eigenvalue weighted by atomic mass is 10.1. The minimum atomic E-state index is 0.899. The first kappa shape index (κ1) is 11.8. The summed E-state index contributed by atoms with van der Waals surface area (Å²) in [6, 6.07) is 16.6. The van der Waals surface area contributed by atoms with Crippen molar-refractivity contribution in [2.45, 2.75) is 0 Å². The molecule has 0 atom stereocenters. The molecule has 0 aliphatic carbocycles. The van der Waals surface area contributed by atoms with Crippen LogP contribution in [0.1, 0.15) is 0 Å². The van der Waals surface area contributed by atoms with E-state index in [0.717, 1.165) is 10.2 Å². The van der Waals surface area contributed by atoms with Crippen LogP contribution in [0.2, 0.25) is 0 Å². The molecule has 18 heavy (non-hydrogen) atoms. The Hall–Kier alpha value is -1.32. The summed E-state index contributed by atoms with van der Waals surface area (Å²) < 4.78 is 7.67. The van der Waals surface area contributed by atoms with E-state index >= 15 is 0 Å². The maximum Gasteiger partial charge on any atom is 0.120 e. The molecule has 0 aliphatic heterocycles. The first-order chi connectivity index (χ1) is 8.79. The molecule has 90 valence electrons. The van der Waals surface area contributed by atoms with Crippen LogP contribution in [0.5, 0.6) is 5.75 Å². The fraction of sp³-hybridized carbons (Fsp3) is 0.0667. The smallest absolute Gasteiger partial charge is 0.120 e. The van der Waals surface area contributed by atoms with Crippen molar-refractivity contribution in [3.8, 4) is 16.2 Å². The quantitative estimate of drug-likeness (QED) is 0.619. The summed E-state index contributed by atoms with van der Waals surface area (Å²) in [5, 5.41) is 1.24. The van der Waals surface area contributed by atoms with E-state index < -0.39 is 0 Å². The molecule has 0 saturated carbocycles. The molecule has 0 fully saturated rings. The predicted molar refractivity (Wildman–Crippen MR) is 81.5 cm³/mol. The predicted octanol–water partition coefficient (Wildman–Crippen LogP) is 5.34. The molecule has 0 N–H and O–H groups in total. The second-order valence-corrected chi connectivity index (χ2v) is 5.82. The second-order valence-electron chi connectivity index (χ2n) is 3.97. The first-order valence-electron chi connectivity index (χ1n) is 5.61. The van der Waals surface area contributed by atoms with E-state index in [9.17, 15) is 0 Å². The van der Waals surface area contributed by atoms with E-state index in [4.69, 9.17) is 4.74 Å². The van der Waals surface area contributed by atoms with E-state index in [1.807, 2.05) is 12.1 Å². The minimum Gasteiger partial charge on any atom is -0.497 e. The highest BCUT2D eigenvalue weighted by Crippen LogP contribution is 2.43. The Bertz CT molecular complexity index is 688. The van der Waals surface area contributed by atoms with Crippen LogP contribution in [0, 0.1) is 0 Å². The Kier molecular flexibility index (Phi) is 3.10. The lowest BCUT2D eigenvalue weighted by Gasteiger charge is -1.98. The average Bonchev–Trinajstić information content (AvgIpc) is 2.76. The Morgan fingerprint density at radius 3 is 2.56 bits per heavy atom. The zero-order chi connectivity index (χ0) is 12.5. The van der Waals surface area contributed by atoms with Gasteiger partial charge < -0.3 is 4.74 Å². The Labute approximate surface area is 118 Å². The summed E-state index contributed by atoms with van der Waals surface area (Å²) in [6.07, 6.45) is 0. The number of rotatable bonds is 2. The van der Waals surface area contributed by atoms with Gasteiger partial charge in [0, 0.05) is 19.4 Å². The van der Waals surface area contributed by atoms with Crippen molar-refractivity contribution in [1.29, 1.82) is 0 Å². The van der Waals surface area contributed by atoms with Crippen molar-refractivity contribution in [3.05, 3.63) is 53.0 Å². The standard InChI is InChI=1S/C15H11BrOS/c1-17-11-7-8-12-13(9-11)18-15(14(12)16)10-5-3-2-4-6-10/h2-9H,1H3. The maximum absolute atomic E-state index is 5.27. The fourth-order valence-corrected chi connectivity index (χ4v) is 4.02. The van der Waals surface area contributed by atoms with Crippen molar-refractivity contribution in [1.82, 2.24) is 0 Å². The number of methoxy groups -OCH3 is 1. The van der Waals surface area contributed by atoms with E-state index in [2.05, 4.69) is 52.3 Å². The lowest BCUT2D eigenvalue weighted by Crippen LogP contribution is -1.79. The third-order valence-corrected chi connectivity index (χ3v) is 5.16. The molecule has 0 radical (unpaired) electrons. The third kappa shape index (κ3) is 1.93. The molecule has 1 aromatic heterocycles. The number of fused-ring (bicyclic) bond motifs is 1. The fourth-order valence-electron chi connectivity index (χ4n) is 1.95. The molecule has 0 spiro atoms. The van der Waals surface area contributed by atoms with Crippen LogP contribution >= 0.6 is 27.3 Å². The van der Waals surface area contributed by atoms with Crippen LogP contribution in [0.3, 0.4) is 0 Å². The summed E-state index contributed by atoms with van der Waals surface area (Å²) in [6.45, 7) is 0. The van der Waals surface area contributed by atoms with Gasteiger partial charge in [-0.25, -0.2) is 0 Å². The summed E-state index contributed by atoms with van der Waals surface area (Å²) >= 11 is 5.48. The second kappa shape index (κ2) is 4.75. The van der Waals surface area contributed by atoms with Crippen molar-refractivity contribution in [3.63, 3.8) is 0 Å². The Morgan fingerprint density at radius 2 is 1.83 bits per heavy atom. The summed E-state index contributed by atoms with van der Waals surface area (Å²) in [5.74, 6) is 0.899. The van der Waals surface area contributed by atoms with Gasteiger partial charge in [0.15, 0.2) is 0 Å². The molecule has 0 bridgehead atoms. The Morgan fingerprint density at radius 1 is 1.06 bits per heavy atom. The van der Waals surface area contributed by atoms with Gasteiger partial charge in [-0.15, -0.1) is 11.3 Å². The normalized spacial score (nSPS) is 10.8. The molecule has 0 amide bonds. The minimum absolute atomic E-state index is 0.899. The van der Waals surface area contributed by atoms with Gasteiger partial charge in [-0.05, 0) is 39.7 Å². The van der Waals surface area contributed by atoms with Crippen molar-refractivity contribution >= 4 is 37.4 Å². The van der Waals surface area contributed by atoms with E-state index in [1.54, 1.807) is 18.4 Å². The molecule has 1 heterocycles. The topological polar surface area (TPSA) is 9.23 Å². The molecule has 1 nitrogen and oxygen atoms in total. The molecule has 0 unspecified atom stereocenters. The molecule has 0 saturated heterocycles. The van der Waals surface area contributed by atoms with E-state index in [0.29, 0.717) is 0 Å². The summed E-state index contributed by atoms with van der Waals surface area (Å²) in [4.78, 5) is 1.26. The third-order valence-electron chi connectivity index (χ3n) is 2.87.